The normalized spacial score (nSPS) is 27.1. The summed E-state index contributed by atoms with van der Waals surface area (Å²) in [7, 11) is 0. The highest BCUT2D eigenvalue weighted by Crippen LogP contribution is 2.40. The van der Waals surface area contributed by atoms with E-state index in [1.54, 1.807) is 0 Å². The fraction of sp³-hybridized carbons (Fsp3) is 0.391. The predicted molar refractivity (Wildman–Crippen MR) is 102 cm³/mol. The van der Waals surface area contributed by atoms with E-state index in [9.17, 15) is 0 Å². The standard InChI is InChI=1S/C23H27F/c1-5-18-7-10-19(11-8-18)22-13-12-21(17(4)23(22)24)20-9-6-15(2)16(3)14-20/h6-13,16-17,23H,5,14H2,1-4H3. The summed E-state index contributed by atoms with van der Waals surface area (Å²) >= 11 is 0. The van der Waals surface area contributed by atoms with Gasteiger partial charge in [-0.05, 0) is 53.5 Å². The Kier molecular flexibility index (Phi) is 4.89. The van der Waals surface area contributed by atoms with Crippen LogP contribution < -0.4 is 0 Å². The molecule has 3 unspecified atom stereocenters. The van der Waals surface area contributed by atoms with Gasteiger partial charge in [-0.1, -0.05) is 74.9 Å². The van der Waals surface area contributed by atoms with Crippen molar-refractivity contribution in [2.75, 3.05) is 0 Å². The summed E-state index contributed by atoms with van der Waals surface area (Å²) in [6.07, 6.45) is 9.57. The first-order valence-electron chi connectivity index (χ1n) is 9.04. The van der Waals surface area contributed by atoms with Crippen LogP contribution in [0.5, 0.6) is 0 Å². The fourth-order valence-electron chi connectivity index (χ4n) is 3.61. The minimum Gasteiger partial charge on any atom is -0.242 e. The number of hydrogen-bond donors (Lipinski definition) is 0. The summed E-state index contributed by atoms with van der Waals surface area (Å²) < 4.78 is 15.1. The van der Waals surface area contributed by atoms with Crippen LogP contribution in [0.2, 0.25) is 0 Å². The minimum absolute atomic E-state index is 0.0962. The Balaban J connectivity index is 1.92. The molecule has 1 aromatic carbocycles. The molecule has 0 fully saturated rings. The van der Waals surface area contributed by atoms with Gasteiger partial charge in [0, 0.05) is 5.92 Å². The van der Waals surface area contributed by atoms with E-state index in [0.717, 1.165) is 29.6 Å². The number of rotatable bonds is 3. The van der Waals surface area contributed by atoms with Gasteiger partial charge in [0.2, 0.25) is 0 Å². The van der Waals surface area contributed by atoms with E-state index in [4.69, 9.17) is 0 Å². The van der Waals surface area contributed by atoms with E-state index in [1.165, 1.54) is 16.7 Å². The summed E-state index contributed by atoms with van der Waals surface area (Å²) in [4.78, 5) is 0. The second-order valence-electron chi connectivity index (χ2n) is 7.19. The van der Waals surface area contributed by atoms with E-state index in [1.807, 2.05) is 13.0 Å². The third-order valence-electron chi connectivity index (χ3n) is 5.59. The lowest BCUT2D eigenvalue weighted by molar-refractivity contribution is 0.335. The molecule has 24 heavy (non-hydrogen) atoms. The average molecular weight is 322 g/mol. The first-order chi connectivity index (χ1) is 11.5. The molecule has 1 heteroatoms. The van der Waals surface area contributed by atoms with Crippen molar-refractivity contribution in [1.29, 1.82) is 0 Å². The van der Waals surface area contributed by atoms with Gasteiger partial charge in [0.1, 0.15) is 6.17 Å². The Morgan fingerprint density at radius 3 is 2.25 bits per heavy atom. The van der Waals surface area contributed by atoms with Crippen molar-refractivity contribution in [3.8, 4) is 0 Å². The number of aryl methyl sites for hydroxylation is 1. The smallest absolute Gasteiger partial charge is 0.132 e. The van der Waals surface area contributed by atoms with E-state index < -0.39 is 6.17 Å². The number of allylic oxidation sites excluding steroid dienone is 8. The predicted octanol–water partition coefficient (Wildman–Crippen LogP) is 6.46. The molecule has 0 amide bonds. The lowest BCUT2D eigenvalue weighted by Gasteiger charge is -2.30. The van der Waals surface area contributed by atoms with E-state index in [-0.39, 0.29) is 5.92 Å². The molecule has 126 valence electrons. The van der Waals surface area contributed by atoms with Crippen LogP contribution in [0.3, 0.4) is 0 Å². The van der Waals surface area contributed by atoms with E-state index >= 15 is 4.39 Å². The highest BCUT2D eigenvalue weighted by molar-refractivity contribution is 5.73. The summed E-state index contributed by atoms with van der Waals surface area (Å²) in [5.74, 6) is 0.448. The van der Waals surface area contributed by atoms with Gasteiger partial charge in [-0.15, -0.1) is 0 Å². The topological polar surface area (TPSA) is 0 Å². The van der Waals surface area contributed by atoms with Crippen LogP contribution in [-0.4, -0.2) is 6.17 Å². The van der Waals surface area contributed by atoms with Gasteiger partial charge >= 0.3 is 0 Å². The number of benzene rings is 1. The molecule has 0 N–H and O–H groups in total. The quantitative estimate of drug-likeness (QED) is 0.599. The zero-order valence-electron chi connectivity index (χ0n) is 15.1. The highest BCUT2D eigenvalue weighted by atomic mass is 19.1. The summed E-state index contributed by atoms with van der Waals surface area (Å²) in [5, 5.41) is 0. The van der Waals surface area contributed by atoms with Crippen molar-refractivity contribution in [3.63, 3.8) is 0 Å². The van der Waals surface area contributed by atoms with Crippen LogP contribution in [0.1, 0.15) is 45.2 Å². The molecule has 0 bridgehead atoms. The van der Waals surface area contributed by atoms with Crippen LogP contribution in [-0.2, 0) is 6.42 Å². The van der Waals surface area contributed by atoms with Crippen LogP contribution in [0, 0.1) is 11.8 Å². The molecule has 3 rings (SSSR count). The van der Waals surface area contributed by atoms with Gasteiger partial charge in [0.05, 0.1) is 0 Å². The molecule has 0 aliphatic heterocycles. The molecule has 1 aromatic rings. The van der Waals surface area contributed by atoms with Gasteiger partial charge < -0.3 is 0 Å². The largest absolute Gasteiger partial charge is 0.242 e. The number of hydrogen-bond acceptors (Lipinski definition) is 0. The van der Waals surface area contributed by atoms with Gasteiger partial charge in [-0.3, -0.25) is 0 Å². The molecule has 3 atom stereocenters. The Bertz CT molecular complexity index is 728. The summed E-state index contributed by atoms with van der Waals surface area (Å²) in [6.45, 7) is 8.57. The SMILES string of the molecule is CCc1ccc(C2=CC=C(C3=CC=C(C)C(C)C3)C(C)C2F)cc1. The van der Waals surface area contributed by atoms with Crippen molar-refractivity contribution in [3.05, 3.63) is 76.4 Å². The maximum absolute atomic E-state index is 15.1. The number of halogens is 1. The molecule has 0 saturated heterocycles. The molecule has 0 spiro atoms. The molecule has 0 nitrogen and oxygen atoms in total. The molecule has 2 aliphatic carbocycles. The summed E-state index contributed by atoms with van der Waals surface area (Å²) in [6, 6.07) is 8.31. The average Bonchev–Trinajstić information content (AvgIpc) is 2.60. The molecule has 0 saturated carbocycles. The van der Waals surface area contributed by atoms with Crippen LogP contribution in [0.25, 0.3) is 5.57 Å². The first-order valence-corrected chi connectivity index (χ1v) is 9.04. The summed E-state index contributed by atoms with van der Waals surface area (Å²) in [5.41, 5.74) is 6.96. The fourth-order valence-corrected chi connectivity index (χ4v) is 3.61. The molecular weight excluding hydrogens is 295 g/mol. The second kappa shape index (κ2) is 6.93. The van der Waals surface area contributed by atoms with Crippen molar-refractivity contribution in [1.82, 2.24) is 0 Å². The Hall–Kier alpha value is -1.89. The van der Waals surface area contributed by atoms with Crippen molar-refractivity contribution in [2.45, 2.75) is 46.7 Å². The van der Waals surface area contributed by atoms with Crippen molar-refractivity contribution >= 4 is 5.57 Å². The van der Waals surface area contributed by atoms with Gasteiger partial charge in [-0.25, -0.2) is 4.39 Å². The van der Waals surface area contributed by atoms with Gasteiger partial charge in [0.25, 0.3) is 0 Å². The molecule has 0 heterocycles. The molecule has 2 aliphatic rings. The van der Waals surface area contributed by atoms with Crippen LogP contribution in [0.4, 0.5) is 4.39 Å². The monoisotopic (exact) mass is 322 g/mol. The lowest BCUT2D eigenvalue weighted by atomic mass is 9.76. The van der Waals surface area contributed by atoms with Gasteiger partial charge in [0.15, 0.2) is 0 Å². The Morgan fingerprint density at radius 2 is 1.62 bits per heavy atom. The minimum atomic E-state index is -0.944. The third-order valence-corrected chi connectivity index (χ3v) is 5.59. The molecule has 0 radical (unpaired) electrons. The Labute approximate surface area is 145 Å². The second-order valence-corrected chi connectivity index (χ2v) is 7.19. The molecular formula is C23H27F. The van der Waals surface area contributed by atoms with Crippen LogP contribution >= 0.6 is 0 Å². The first kappa shape index (κ1) is 17.0. The third kappa shape index (κ3) is 3.17. The van der Waals surface area contributed by atoms with Crippen molar-refractivity contribution < 1.29 is 4.39 Å². The van der Waals surface area contributed by atoms with Gasteiger partial charge in [-0.2, -0.15) is 0 Å². The van der Waals surface area contributed by atoms with E-state index in [2.05, 4.69) is 63.3 Å². The van der Waals surface area contributed by atoms with Crippen molar-refractivity contribution in [2.24, 2.45) is 11.8 Å². The zero-order valence-corrected chi connectivity index (χ0v) is 15.1. The molecule has 0 aromatic heterocycles. The maximum atomic E-state index is 15.1. The van der Waals surface area contributed by atoms with Crippen LogP contribution in [0.15, 0.2) is 65.3 Å². The maximum Gasteiger partial charge on any atom is 0.132 e. The number of alkyl halides is 1. The lowest BCUT2D eigenvalue weighted by Crippen LogP contribution is -2.22. The Morgan fingerprint density at radius 1 is 0.958 bits per heavy atom. The zero-order chi connectivity index (χ0) is 17.3. The van der Waals surface area contributed by atoms with E-state index in [0.29, 0.717) is 5.92 Å². The highest BCUT2D eigenvalue weighted by Gasteiger charge is 2.30.